The normalized spacial score (nSPS) is 12.2. The monoisotopic (exact) mass is 273 g/mol. The van der Waals surface area contributed by atoms with Gasteiger partial charge in [-0.1, -0.05) is 13.0 Å². The molecule has 0 bridgehead atoms. The third-order valence-electron chi connectivity index (χ3n) is 2.44. The zero-order valence-corrected chi connectivity index (χ0v) is 11.3. The largest absolute Gasteiger partial charge is 0.355 e. The fraction of sp³-hybridized carbons (Fsp3) is 0.462. The number of halogens is 2. The molecule has 1 aromatic carbocycles. The van der Waals surface area contributed by atoms with E-state index in [4.69, 9.17) is 0 Å². The molecule has 1 unspecified atom stereocenters. The molecule has 1 atom stereocenters. The van der Waals surface area contributed by atoms with E-state index >= 15 is 0 Å². The summed E-state index contributed by atoms with van der Waals surface area (Å²) in [5.41, 5.74) is 0.0331. The van der Waals surface area contributed by atoms with E-state index in [0.717, 1.165) is 6.42 Å². The van der Waals surface area contributed by atoms with Crippen LogP contribution in [0.15, 0.2) is 18.2 Å². The molecule has 0 fully saturated rings. The lowest BCUT2D eigenvalue weighted by Crippen LogP contribution is -2.26. The number of hydrogen-bond acceptors (Lipinski definition) is 2. The minimum atomic E-state index is -0.566. The van der Waals surface area contributed by atoms with E-state index in [9.17, 15) is 13.6 Å². The van der Waals surface area contributed by atoms with E-state index in [1.807, 2.05) is 6.92 Å². The summed E-state index contributed by atoms with van der Waals surface area (Å²) in [7, 11) is 0. The summed E-state index contributed by atoms with van der Waals surface area (Å²) in [5, 5.41) is 2.33. The number of amides is 1. The van der Waals surface area contributed by atoms with Crippen LogP contribution >= 0.6 is 11.8 Å². The van der Waals surface area contributed by atoms with Crippen LogP contribution in [0.5, 0.6) is 0 Å². The molecule has 0 radical (unpaired) electrons. The van der Waals surface area contributed by atoms with E-state index in [2.05, 4.69) is 5.32 Å². The van der Waals surface area contributed by atoms with Crippen LogP contribution in [0.2, 0.25) is 0 Å². The number of hydrogen-bond donors (Lipinski definition) is 1. The quantitative estimate of drug-likeness (QED) is 0.861. The maximum Gasteiger partial charge on any atom is 0.230 e. The van der Waals surface area contributed by atoms with Gasteiger partial charge in [0.2, 0.25) is 5.91 Å². The molecule has 0 aliphatic carbocycles. The Kier molecular flexibility index (Phi) is 6.12. The summed E-state index contributed by atoms with van der Waals surface area (Å²) in [4.78, 5) is 11.4. The van der Waals surface area contributed by atoms with E-state index in [1.165, 1.54) is 30.0 Å². The number of rotatable bonds is 6. The first kappa shape index (κ1) is 15.0. The molecule has 0 aliphatic heterocycles. The van der Waals surface area contributed by atoms with Gasteiger partial charge in [-0.2, -0.15) is 0 Å². The Morgan fingerprint density at radius 2 is 2.00 bits per heavy atom. The van der Waals surface area contributed by atoms with Crippen molar-refractivity contribution < 1.29 is 13.6 Å². The van der Waals surface area contributed by atoms with Gasteiger partial charge in [-0.3, -0.25) is 4.79 Å². The summed E-state index contributed by atoms with van der Waals surface area (Å²) in [5.74, 6) is -1.03. The molecular weight excluding hydrogens is 256 g/mol. The number of carbonyl (C=O) groups excluding carboxylic acids is 1. The van der Waals surface area contributed by atoms with Crippen molar-refractivity contribution in [2.75, 3.05) is 12.3 Å². The average Bonchev–Trinajstić information content (AvgIpc) is 2.33. The first-order chi connectivity index (χ1) is 8.56. The summed E-state index contributed by atoms with van der Waals surface area (Å²) in [6.07, 6.45) is 0.869. The van der Waals surface area contributed by atoms with Gasteiger partial charge >= 0.3 is 0 Å². The lowest BCUT2D eigenvalue weighted by molar-refractivity contribution is -0.118. The van der Waals surface area contributed by atoms with Crippen molar-refractivity contribution >= 4 is 17.7 Å². The molecule has 1 amide bonds. The molecule has 0 aliphatic rings. The lowest BCUT2D eigenvalue weighted by atomic mass is 10.1. The first-order valence-corrected chi connectivity index (χ1v) is 6.93. The highest BCUT2D eigenvalue weighted by molar-refractivity contribution is 8.00. The summed E-state index contributed by atoms with van der Waals surface area (Å²) < 4.78 is 26.9. The minimum absolute atomic E-state index is 0.0331. The second-order valence-corrected chi connectivity index (χ2v) is 5.27. The number of benzene rings is 1. The highest BCUT2D eigenvalue weighted by atomic mass is 32.2. The van der Waals surface area contributed by atoms with Gasteiger partial charge in [0.05, 0.1) is 5.75 Å². The molecule has 100 valence electrons. The van der Waals surface area contributed by atoms with Crippen molar-refractivity contribution in [3.63, 3.8) is 0 Å². The van der Waals surface area contributed by atoms with Crippen LogP contribution in [0, 0.1) is 11.6 Å². The number of thioether (sulfide) groups is 1. The molecule has 1 rings (SSSR count). The van der Waals surface area contributed by atoms with Crippen molar-refractivity contribution in [1.82, 2.24) is 5.32 Å². The van der Waals surface area contributed by atoms with Gasteiger partial charge in [0, 0.05) is 17.4 Å². The predicted octanol–water partition coefficient (Wildman–Crippen LogP) is 3.29. The topological polar surface area (TPSA) is 29.1 Å². The molecule has 0 aromatic heterocycles. The fourth-order valence-corrected chi connectivity index (χ4v) is 2.39. The van der Waals surface area contributed by atoms with Crippen LogP contribution in [0.1, 0.15) is 31.1 Å². The minimum Gasteiger partial charge on any atom is -0.355 e. The first-order valence-electron chi connectivity index (χ1n) is 5.88. The van der Waals surface area contributed by atoms with Gasteiger partial charge in [0.1, 0.15) is 11.6 Å². The van der Waals surface area contributed by atoms with Gasteiger partial charge < -0.3 is 5.32 Å². The summed E-state index contributed by atoms with van der Waals surface area (Å²) in [6.45, 7) is 4.28. The van der Waals surface area contributed by atoms with Gasteiger partial charge in [0.25, 0.3) is 0 Å². The molecule has 2 nitrogen and oxygen atoms in total. The molecule has 0 spiro atoms. The molecular formula is C13H17F2NOS. The highest BCUT2D eigenvalue weighted by Gasteiger charge is 2.17. The standard InChI is InChI=1S/C13H17F2NOS/c1-3-7-16-12(17)8-18-9(2)13-10(14)5-4-6-11(13)15/h4-6,9H,3,7-8H2,1-2H3,(H,16,17). The Hall–Kier alpha value is -1.10. The van der Waals surface area contributed by atoms with E-state index in [0.29, 0.717) is 6.54 Å². The SMILES string of the molecule is CCCNC(=O)CSC(C)c1c(F)cccc1F. The Labute approximate surface area is 110 Å². The maximum atomic E-state index is 13.5. The van der Waals surface area contributed by atoms with Crippen LogP contribution in [-0.2, 0) is 4.79 Å². The third kappa shape index (κ3) is 4.29. The van der Waals surface area contributed by atoms with Crippen LogP contribution in [0.25, 0.3) is 0 Å². The molecule has 18 heavy (non-hydrogen) atoms. The smallest absolute Gasteiger partial charge is 0.230 e. The fourth-order valence-electron chi connectivity index (χ4n) is 1.50. The molecule has 0 saturated carbocycles. The van der Waals surface area contributed by atoms with E-state index in [-0.39, 0.29) is 17.2 Å². The van der Waals surface area contributed by atoms with Crippen molar-refractivity contribution in [3.8, 4) is 0 Å². The molecule has 1 aromatic rings. The van der Waals surface area contributed by atoms with Crippen LogP contribution in [-0.4, -0.2) is 18.2 Å². The van der Waals surface area contributed by atoms with Crippen LogP contribution in [0.3, 0.4) is 0 Å². The Bertz CT molecular complexity index is 392. The zero-order chi connectivity index (χ0) is 13.5. The Balaban J connectivity index is 2.55. The number of nitrogens with one attached hydrogen (secondary N) is 1. The summed E-state index contributed by atoms with van der Waals surface area (Å²) >= 11 is 1.22. The van der Waals surface area contributed by atoms with Crippen LogP contribution in [0.4, 0.5) is 8.78 Å². The summed E-state index contributed by atoms with van der Waals surface area (Å²) in [6, 6.07) is 3.79. The van der Waals surface area contributed by atoms with E-state index in [1.54, 1.807) is 6.92 Å². The van der Waals surface area contributed by atoms with E-state index < -0.39 is 16.9 Å². The van der Waals surface area contributed by atoms with Gasteiger partial charge in [0.15, 0.2) is 0 Å². The molecule has 0 heterocycles. The predicted molar refractivity (Wildman–Crippen MR) is 70.5 cm³/mol. The highest BCUT2D eigenvalue weighted by Crippen LogP contribution is 2.31. The zero-order valence-electron chi connectivity index (χ0n) is 10.5. The second kappa shape index (κ2) is 7.36. The average molecular weight is 273 g/mol. The lowest BCUT2D eigenvalue weighted by Gasteiger charge is -2.13. The molecule has 0 saturated heterocycles. The Morgan fingerprint density at radius 3 is 2.56 bits per heavy atom. The van der Waals surface area contributed by atoms with Crippen LogP contribution < -0.4 is 5.32 Å². The number of carbonyl (C=O) groups is 1. The Morgan fingerprint density at radius 1 is 1.39 bits per heavy atom. The van der Waals surface area contributed by atoms with Crippen molar-refractivity contribution in [1.29, 1.82) is 0 Å². The maximum absolute atomic E-state index is 13.5. The van der Waals surface area contributed by atoms with Gasteiger partial charge in [-0.15, -0.1) is 11.8 Å². The third-order valence-corrected chi connectivity index (χ3v) is 3.61. The molecule has 5 heteroatoms. The van der Waals surface area contributed by atoms with Crippen molar-refractivity contribution in [2.24, 2.45) is 0 Å². The molecule has 1 N–H and O–H groups in total. The second-order valence-electron chi connectivity index (χ2n) is 3.94. The van der Waals surface area contributed by atoms with Crippen molar-refractivity contribution in [3.05, 3.63) is 35.4 Å². The van der Waals surface area contributed by atoms with Gasteiger partial charge in [-0.05, 0) is 25.5 Å². The van der Waals surface area contributed by atoms with Crippen molar-refractivity contribution in [2.45, 2.75) is 25.5 Å². The van der Waals surface area contributed by atoms with Gasteiger partial charge in [-0.25, -0.2) is 8.78 Å².